The van der Waals surface area contributed by atoms with Crippen molar-refractivity contribution in [1.29, 1.82) is 0 Å². The zero-order valence-corrected chi connectivity index (χ0v) is 13.8. The van der Waals surface area contributed by atoms with Crippen LogP contribution in [-0.4, -0.2) is 47.9 Å². The van der Waals surface area contributed by atoms with Gasteiger partial charge >= 0.3 is 6.18 Å². The number of amides is 1. The number of aryl methyl sites for hydroxylation is 1. The van der Waals surface area contributed by atoms with E-state index in [4.69, 9.17) is 5.73 Å². The molecule has 2 aromatic rings. The van der Waals surface area contributed by atoms with Gasteiger partial charge in [-0.15, -0.1) is 22.6 Å². The number of nitrogens with zero attached hydrogens (tertiary/aromatic N) is 5. The Bertz CT molecular complexity index is 718. The first kappa shape index (κ1) is 19.8. The Hall–Kier alpha value is -2.21. The normalized spacial score (nSPS) is 12.0. The van der Waals surface area contributed by atoms with Crippen molar-refractivity contribution in [2.75, 3.05) is 6.54 Å². The van der Waals surface area contributed by atoms with Gasteiger partial charge in [-0.2, -0.15) is 22.8 Å². The molecule has 0 aromatic carbocycles. The summed E-state index contributed by atoms with van der Waals surface area (Å²) in [5.74, 6) is -2.28. The van der Waals surface area contributed by atoms with Gasteiger partial charge in [-0.05, 0) is 20.8 Å². The molecule has 0 radical (unpaired) electrons. The van der Waals surface area contributed by atoms with E-state index in [1.165, 1.54) is 6.92 Å². The topological polar surface area (TPSA) is 127 Å². The maximum Gasteiger partial charge on any atom is 0.451 e. The van der Waals surface area contributed by atoms with Crippen molar-refractivity contribution in [2.45, 2.75) is 32.5 Å². The van der Waals surface area contributed by atoms with Gasteiger partial charge in [0, 0.05) is 12.1 Å². The van der Waals surface area contributed by atoms with Gasteiger partial charge in [0.15, 0.2) is 0 Å². The van der Waals surface area contributed by atoms with Crippen LogP contribution in [0.1, 0.15) is 36.1 Å². The van der Waals surface area contributed by atoms with Crippen molar-refractivity contribution in [2.24, 2.45) is 5.73 Å². The van der Waals surface area contributed by atoms with Gasteiger partial charge in [-0.1, -0.05) is 0 Å². The first-order valence-corrected chi connectivity index (χ1v) is 6.48. The smallest absolute Gasteiger partial charge is 0.347 e. The highest BCUT2D eigenvalue weighted by Gasteiger charge is 2.35. The molecule has 2 heterocycles. The van der Waals surface area contributed by atoms with Gasteiger partial charge in [0.1, 0.15) is 5.82 Å². The van der Waals surface area contributed by atoms with Crippen molar-refractivity contribution in [1.82, 2.24) is 35.3 Å². The molecule has 0 aliphatic heterocycles. The third kappa shape index (κ3) is 4.64. The van der Waals surface area contributed by atoms with E-state index in [1.54, 1.807) is 18.9 Å². The van der Waals surface area contributed by atoms with Crippen LogP contribution in [0.4, 0.5) is 13.2 Å². The number of hydrogen-bond donors (Lipinski definition) is 3. The Morgan fingerprint density at radius 2 is 1.96 bits per heavy atom. The summed E-state index contributed by atoms with van der Waals surface area (Å²) in [6.45, 7) is 5.08. The highest BCUT2D eigenvalue weighted by Crippen LogP contribution is 2.26. The van der Waals surface area contributed by atoms with E-state index in [9.17, 15) is 18.0 Å². The summed E-state index contributed by atoms with van der Waals surface area (Å²) in [4.78, 5) is 19.1. The molecule has 0 unspecified atom stereocenters. The predicted octanol–water partition coefficient (Wildman–Crippen LogP) is 0.602. The lowest BCUT2D eigenvalue weighted by atomic mass is 10.1. The molecule has 1 amide bonds. The molecule has 4 N–H and O–H groups in total. The number of hydrogen-bond acceptors (Lipinski definition) is 6. The third-order valence-electron chi connectivity index (χ3n) is 2.61. The summed E-state index contributed by atoms with van der Waals surface area (Å²) in [5, 5.41) is 11.5. The molecule has 13 heteroatoms. The quantitative estimate of drug-likeness (QED) is 0.725. The highest BCUT2D eigenvalue weighted by molar-refractivity contribution is 5.90. The van der Waals surface area contributed by atoms with Crippen LogP contribution in [0, 0.1) is 6.92 Å². The molecule has 2 aromatic heterocycles. The molecule has 0 aliphatic rings. The summed E-state index contributed by atoms with van der Waals surface area (Å²) < 4.78 is 38.5. The monoisotopic (exact) mass is 368 g/mol. The second-order valence-electron chi connectivity index (χ2n) is 5.55. The van der Waals surface area contributed by atoms with Crippen molar-refractivity contribution in [3.63, 3.8) is 0 Å². The molecule has 0 saturated heterocycles. The number of halogens is 4. The standard InChI is InChI=1S/C11H15F3N8O.ClH/c1-5-17-6(7(23)16-4-10(2,3)15)21-22(5)9-18-8(19-20-9)11(12,13)14;/h4,15H2,1-3H3,(H,16,23)(H,18,19,20);1H. The van der Waals surface area contributed by atoms with Crippen LogP contribution in [0.15, 0.2) is 0 Å². The molecular formula is C11H16ClF3N8O. The summed E-state index contributed by atoms with van der Waals surface area (Å²) in [7, 11) is 0. The SMILES string of the molecule is Cc1nc(C(=O)NCC(C)(C)N)nn1-c1n[nH]c(C(F)(F)F)n1.Cl. The molecule has 0 aliphatic carbocycles. The van der Waals surface area contributed by atoms with Crippen LogP contribution in [-0.2, 0) is 6.18 Å². The number of nitrogens with one attached hydrogen (secondary N) is 2. The van der Waals surface area contributed by atoms with E-state index in [2.05, 4.69) is 25.5 Å². The predicted molar refractivity (Wildman–Crippen MR) is 78.9 cm³/mol. The zero-order chi connectivity index (χ0) is 17.4. The average Bonchev–Trinajstić information content (AvgIpc) is 3.00. The zero-order valence-electron chi connectivity index (χ0n) is 13.0. The van der Waals surface area contributed by atoms with E-state index < -0.39 is 23.4 Å². The second-order valence-corrected chi connectivity index (χ2v) is 5.55. The Morgan fingerprint density at radius 3 is 2.46 bits per heavy atom. The molecular weight excluding hydrogens is 353 g/mol. The highest BCUT2D eigenvalue weighted by atomic mass is 35.5. The number of alkyl halides is 3. The molecule has 24 heavy (non-hydrogen) atoms. The molecule has 2 rings (SSSR count). The first-order chi connectivity index (χ1) is 10.5. The number of carbonyl (C=O) groups is 1. The lowest BCUT2D eigenvalue weighted by molar-refractivity contribution is -0.144. The molecule has 0 bridgehead atoms. The number of aromatic amines is 1. The van der Waals surface area contributed by atoms with Crippen molar-refractivity contribution >= 4 is 18.3 Å². The van der Waals surface area contributed by atoms with E-state index in [0.717, 1.165) is 4.68 Å². The molecule has 0 spiro atoms. The minimum atomic E-state index is -4.66. The van der Waals surface area contributed by atoms with E-state index in [-0.39, 0.29) is 36.5 Å². The van der Waals surface area contributed by atoms with Crippen LogP contribution < -0.4 is 11.1 Å². The third-order valence-corrected chi connectivity index (χ3v) is 2.61. The van der Waals surface area contributed by atoms with Crippen LogP contribution >= 0.6 is 12.4 Å². The van der Waals surface area contributed by atoms with Crippen LogP contribution in [0.25, 0.3) is 5.95 Å². The Labute approximate surface area is 140 Å². The summed E-state index contributed by atoms with van der Waals surface area (Å²) in [5.41, 5.74) is 5.11. The molecule has 0 saturated carbocycles. The van der Waals surface area contributed by atoms with E-state index >= 15 is 0 Å². The lowest BCUT2D eigenvalue weighted by Gasteiger charge is -2.17. The lowest BCUT2D eigenvalue weighted by Crippen LogP contribution is -2.45. The van der Waals surface area contributed by atoms with Crippen molar-refractivity contribution < 1.29 is 18.0 Å². The Morgan fingerprint density at radius 1 is 1.33 bits per heavy atom. The van der Waals surface area contributed by atoms with Crippen LogP contribution in [0.2, 0.25) is 0 Å². The van der Waals surface area contributed by atoms with Crippen molar-refractivity contribution in [3.8, 4) is 5.95 Å². The average molecular weight is 369 g/mol. The Kier molecular flexibility index (Phi) is 5.56. The molecule has 0 atom stereocenters. The summed E-state index contributed by atoms with van der Waals surface area (Å²) in [6, 6.07) is 0. The van der Waals surface area contributed by atoms with Gasteiger partial charge in [0.05, 0.1) is 0 Å². The van der Waals surface area contributed by atoms with Gasteiger partial charge < -0.3 is 11.1 Å². The van der Waals surface area contributed by atoms with Gasteiger partial charge in [-0.3, -0.25) is 9.89 Å². The van der Waals surface area contributed by atoms with E-state index in [0.29, 0.717) is 0 Å². The largest absolute Gasteiger partial charge is 0.451 e. The molecule has 134 valence electrons. The number of rotatable bonds is 4. The van der Waals surface area contributed by atoms with E-state index in [1.807, 2.05) is 0 Å². The fourth-order valence-electron chi connectivity index (χ4n) is 1.54. The Balaban J connectivity index is 0.00000288. The van der Waals surface area contributed by atoms with Gasteiger partial charge in [-0.25, -0.2) is 4.98 Å². The first-order valence-electron chi connectivity index (χ1n) is 6.48. The minimum Gasteiger partial charge on any atom is -0.347 e. The summed E-state index contributed by atoms with van der Waals surface area (Å²) in [6.07, 6.45) is -4.66. The molecule has 0 fully saturated rings. The van der Waals surface area contributed by atoms with Gasteiger partial charge in [0.25, 0.3) is 11.9 Å². The van der Waals surface area contributed by atoms with Crippen molar-refractivity contribution in [3.05, 3.63) is 17.5 Å². The maximum atomic E-state index is 12.5. The number of H-pyrrole nitrogens is 1. The minimum absolute atomic E-state index is 0. The number of aromatic nitrogens is 6. The van der Waals surface area contributed by atoms with Crippen LogP contribution in [0.3, 0.4) is 0 Å². The maximum absolute atomic E-state index is 12.5. The fourth-order valence-corrected chi connectivity index (χ4v) is 1.54. The van der Waals surface area contributed by atoms with Gasteiger partial charge in [0.2, 0.25) is 11.6 Å². The number of carbonyl (C=O) groups excluding carboxylic acids is 1. The summed E-state index contributed by atoms with van der Waals surface area (Å²) >= 11 is 0. The fraction of sp³-hybridized carbons (Fsp3) is 0.545. The number of nitrogens with two attached hydrogens (primary N) is 1. The second kappa shape index (κ2) is 6.73. The van der Waals surface area contributed by atoms with Crippen LogP contribution in [0.5, 0.6) is 0 Å². The molecule has 9 nitrogen and oxygen atoms in total.